The second kappa shape index (κ2) is 6.68. The summed E-state index contributed by atoms with van der Waals surface area (Å²) in [5.74, 6) is 1.94. The number of anilines is 1. The number of fused-ring (bicyclic) bond motifs is 1. The van der Waals surface area contributed by atoms with Crippen LogP contribution in [0, 0.1) is 0 Å². The monoisotopic (exact) mass is 371 g/mol. The van der Waals surface area contributed by atoms with Gasteiger partial charge in [-0.05, 0) is 25.0 Å². The number of nitrogen functional groups attached to an aromatic ring is 1. The molecule has 0 bridgehead atoms. The van der Waals surface area contributed by atoms with Crippen LogP contribution in [0.2, 0.25) is 0 Å². The molecule has 0 radical (unpaired) electrons. The Labute approximate surface area is 155 Å². The predicted octanol–water partition coefficient (Wildman–Crippen LogP) is 3.40. The van der Waals surface area contributed by atoms with Crippen LogP contribution < -0.4 is 5.73 Å². The van der Waals surface area contributed by atoms with E-state index in [9.17, 15) is 4.79 Å². The van der Waals surface area contributed by atoms with Gasteiger partial charge in [-0.2, -0.15) is 4.98 Å². The number of carbonyl (C=O) groups excluding carboxylic acids is 1. The van der Waals surface area contributed by atoms with Gasteiger partial charge in [-0.3, -0.25) is 4.79 Å². The molecule has 1 aliphatic heterocycles. The molecule has 3 heterocycles. The van der Waals surface area contributed by atoms with E-state index >= 15 is 0 Å². The Morgan fingerprint density at radius 3 is 2.77 bits per heavy atom. The molecule has 1 amide bonds. The number of nitrogens with two attached hydrogens (primary N) is 1. The Kier molecular flexibility index (Phi) is 4.36. The fourth-order valence-electron chi connectivity index (χ4n) is 3.28. The smallest absolute Gasteiger partial charge is 0.255 e. The number of piperidine rings is 1. The van der Waals surface area contributed by atoms with Gasteiger partial charge in [0.15, 0.2) is 11.0 Å². The van der Waals surface area contributed by atoms with Crippen LogP contribution in [0.1, 0.15) is 60.6 Å². The van der Waals surface area contributed by atoms with E-state index in [0.29, 0.717) is 29.7 Å². The minimum Gasteiger partial charge on any atom is -0.375 e. The van der Waals surface area contributed by atoms with Gasteiger partial charge >= 0.3 is 0 Å². The van der Waals surface area contributed by atoms with Gasteiger partial charge in [-0.25, -0.2) is 4.98 Å². The van der Waals surface area contributed by atoms with E-state index in [0.717, 1.165) is 28.9 Å². The highest BCUT2D eigenvalue weighted by atomic mass is 32.1. The highest BCUT2D eigenvalue weighted by molar-refractivity contribution is 7.22. The van der Waals surface area contributed by atoms with E-state index < -0.39 is 0 Å². The second-order valence-electron chi connectivity index (χ2n) is 6.92. The van der Waals surface area contributed by atoms with Crippen LogP contribution in [0.4, 0.5) is 5.13 Å². The number of aromatic nitrogens is 3. The summed E-state index contributed by atoms with van der Waals surface area (Å²) in [6, 6.07) is 5.59. The van der Waals surface area contributed by atoms with Crippen LogP contribution in [0.25, 0.3) is 10.2 Å². The molecule has 1 saturated heterocycles. The molecule has 1 aliphatic rings. The molecule has 2 aromatic heterocycles. The van der Waals surface area contributed by atoms with Crippen molar-refractivity contribution in [2.24, 2.45) is 0 Å². The van der Waals surface area contributed by atoms with E-state index in [1.54, 1.807) is 0 Å². The lowest BCUT2D eigenvalue weighted by Gasteiger charge is -2.30. The third-order valence-corrected chi connectivity index (χ3v) is 5.70. The molecule has 0 saturated carbocycles. The summed E-state index contributed by atoms with van der Waals surface area (Å²) in [4.78, 5) is 23.6. The van der Waals surface area contributed by atoms with E-state index in [4.69, 9.17) is 10.3 Å². The number of thiazole rings is 1. The summed E-state index contributed by atoms with van der Waals surface area (Å²) in [5, 5.41) is 4.53. The molecule has 3 aromatic rings. The lowest BCUT2D eigenvalue weighted by molar-refractivity contribution is 0.0706. The van der Waals surface area contributed by atoms with E-state index in [1.807, 2.05) is 36.9 Å². The summed E-state index contributed by atoms with van der Waals surface area (Å²) in [5.41, 5.74) is 7.26. The van der Waals surface area contributed by atoms with Gasteiger partial charge in [-0.15, -0.1) is 0 Å². The molecule has 0 spiro atoms. The van der Waals surface area contributed by atoms with Crippen molar-refractivity contribution in [1.82, 2.24) is 20.0 Å². The predicted molar refractivity (Wildman–Crippen MR) is 100 cm³/mol. The molecular formula is C18H21N5O2S. The van der Waals surface area contributed by atoms with Gasteiger partial charge in [0.05, 0.1) is 15.8 Å². The average Bonchev–Trinajstić information content (AvgIpc) is 3.27. The third kappa shape index (κ3) is 3.05. The van der Waals surface area contributed by atoms with E-state index in [-0.39, 0.29) is 17.7 Å². The summed E-state index contributed by atoms with van der Waals surface area (Å²) in [7, 11) is 0. The Morgan fingerprint density at radius 2 is 2.08 bits per heavy atom. The fourth-order valence-corrected chi connectivity index (χ4v) is 4.12. The van der Waals surface area contributed by atoms with Gasteiger partial charge in [0.25, 0.3) is 5.91 Å². The normalized spacial score (nSPS) is 15.9. The average molecular weight is 371 g/mol. The highest BCUT2D eigenvalue weighted by Gasteiger charge is 2.29. The maximum absolute atomic E-state index is 13.0. The molecule has 7 nitrogen and oxygen atoms in total. The van der Waals surface area contributed by atoms with Crippen LogP contribution in [0.5, 0.6) is 0 Å². The summed E-state index contributed by atoms with van der Waals surface area (Å²) >= 11 is 1.36. The maximum atomic E-state index is 13.0. The van der Waals surface area contributed by atoms with Crippen molar-refractivity contribution >= 4 is 32.6 Å². The van der Waals surface area contributed by atoms with Crippen LogP contribution in [-0.2, 0) is 0 Å². The van der Waals surface area contributed by atoms with Crippen molar-refractivity contribution in [3.63, 3.8) is 0 Å². The van der Waals surface area contributed by atoms with E-state index in [2.05, 4.69) is 15.1 Å². The third-order valence-electron chi connectivity index (χ3n) is 4.77. The molecule has 1 aromatic carbocycles. The van der Waals surface area contributed by atoms with Gasteiger partial charge in [0, 0.05) is 24.9 Å². The molecule has 0 aliphatic carbocycles. The number of hydrogen-bond acceptors (Lipinski definition) is 7. The molecule has 0 unspecified atom stereocenters. The first kappa shape index (κ1) is 17.0. The van der Waals surface area contributed by atoms with Gasteiger partial charge in [0.1, 0.15) is 0 Å². The lowest BCUT2D eigenvalue weighted by atomic mass is 9.96. The quantitative estimate of drug-likeness (QED) is 0.757. The SMILES string of the molecule is CC(C)c1noc(C2CCN(C(=O)c3cccc4nc(N)sc34)CC2)n1. The molecule has 136 valence electrons. The molecular weight excluding hydrogens is 350 g/mol. The number of carbonyl (C=O) groups is 1. The maximum Gasteiger partial charge on any atom is 0.255 e. The largest absolute Gasteiger partial charge is 0.375 e. The zero-order chi connectivity index (χ0) is 18.3. The fraction of sp³-hybridized carbons (Fsp3) is 0.444. The van der Waals surface area contributed by atoms with Gasteiger partial charge in [-0.1, -0.05) is 36.4 Å². The van der Waals surface area contributed by atoms with Gasteiger partial charge in [0.2, 0.25) is 5.89 Å². The van der Waals surface area contributed by atoms with Crippen molar-refractivity contribution in [2.75, 3.05) is 18.8 Å². The Morgan fingerprint density at radius 1 is 1.31 bits per heavy atom. The molecule has 4 rings (SSSR count). The lowest BCUT2D eigenvalue weighted by Crippen LogP contribution is -2.38. The van der Waals surface area contributed by atoms with Crippen molar-refractivity contribution in [3.8, 4) is 0 Å². The Bertz CT molecular complexity index is 940. The van der Waals surface area contributed by atoms with Crippen LogP contribution in [0.3, 0.4) is 0 Å². The first-order valence-electron chi connectivity index (χ1n) is 8.80. The number of rotatable bonds is 3. The molecule has 0 atom stereocenters. The summed E-state index contributed by atoms with van der Waals surface area (Å²) in [6.45, 7) is 5.44. The standard InChI is InChI=1S/C18H21N5O2S/c1-10(2)15-21-16(25-22-15)11-6-8-23(9-7-11)17(24)12-4-3-5-13-14(12)26-18(19)20-13/h3-5,10-11H,6-9H2,1-2H3,(H2,19,20). The minimum atomic E-state index is 0.0334. The number of nitrogens with zero attached hydrogens (tertiary/aromatic N) is 4. The number of hydrogen-bond donors (Lipinski definition) is 1. The van der Waals surface area contributed by atoms with Crippen LogP contribution in [0.15, 0.2) is 22.7 Å². The van der Waals surface area contributed by atoms with Crippen molar-refractivity contribution < 1.29 is 9.32 Å². The molecule has 8 heteroatoms. The molecule has 2 N–H and O–H groups in total. The number of benzene rings is 1. The van der Waals surface area contributed by atoms with Crippen LogP contribution in [-0.4, -0.2) is 39.0 Å². The zero-order valence-electron chi connectivity index (χ0n) is 14.8. The topological polar surface area (TPSA) is 98.1 Å². The summed E-state index contributed by atoms with van der Waals surface area (Å²) in [6.07, 6.45) is 1.65. The van der Waals surface area contributed by atoms with Crippen molar-refractivity contribution in [1.29, 1.82) is 0 Å². The number of likely N-dealkylation sites (tertiary alicyclic amines) is 1. The molecule has 1 fully saturated rings. The first-order valence-corrected chi connectivity index (χ1v) is 9.62. The first-order chi connectivity index (χ1) is 12.5. The number of amides is 1. The van der Waals surface area contributed by atoms with E-state index in [1.165, 1.54) is 11.3 Å². The minimum absolute atomic E-state index is 0.0334. The van der Waals surface area contributed by atoms with Crippen molar-refractivity contribution in [2.45, 2.75) is 38.5 Å². The van der Waals surface area contributed by atoms with Crippen molar-refractivity contribution in [3.05, 3.63) is 35.5 Å². The Balaban J connectivity index is 1.47. The van der Waals surface area contributed by atoms with Gasteiger partial charge < -0.3 is 15.2 Å². The Hall–Kier alpha value is -2.48. The molecule has 26 heavy (non-hydrogen) atoms. The highest BCUT2D eigenvalue weighted by Crippen LogP contribution is 2.31. The summed E-state index contributed by atoms with van der Waals surface area (Å²) < 4.78 is 6.28. The second-order valence-corrected chi connectivity index (χ2v) is 7.95. The van der Waals surface area contributed by atoms with Crippen LogP contribution >= 0.6 is 11.3 Å². The zero-order valence-corrected chi connectivity index (χ0v) is 15.6.